The molecule has 14 nitrogen and oxygen atoms in total. The van der Waals surface area contributed by atoms with Crippen LogP contribution in [0.1, 0.15) is 59.8 Å². The maximum absolute atomic E-state index is 13.9. The molecular formula is C46H44N8O6. The number of likely N-dealkylation sites (tertiary alicyclic amines) is 1. The first-order valence-corrected chi connectivity index (χ1v) is 19.7. The minimum Gasteiger partial charge on any atom is -0.453 e. The summed E-state index contributed by atoms with van der Waals surface area (Å²) in [5.41, 5.74) is 6.92. The molecule has 4 amide bonds. The highest BCUT2D eigenvalue weighted by Crippen LogP contribution is 2.35. The number of carbonyl (C=O) groups is 4. The molecule has 0 aliphatic carbocycles. The predicted octanol–water partition coefficient (Wildman–Crippen LogP) is 7.43. The topological polar surface area (TPSA) is 175 Å². The lowest BCUT2D eigenvalue weighted by Gasteiger charge is -2.28. The van der Waals surface area contributed by atoms with Gasteiger partial charge in [-0.15, -0.1) is 0 Å². The van der Waals surface area contributed by atoms with Crippen molar-refractivity contribution in [2.24, 2.45) is 0 Å². The number of rotatable bonds is 11. The van der Waals surface area contributed by atoms with Crippen LogP contribution in [-0.2, 0) is 19.1 Å². The number of carbonyl (C=O) groups excluding carboxylic acids is 4. The van der Waals surface area contributed by atoms with Crippen LogP contribution in [0.15, 0.2) is 134 Å². The van der Waals surface area contributed by atoms with E-state index in [9.17, 15) is 19.2 Å². The molecule has 1 saturated heterocycles. The molecule has 4 N–H and O–H groups in total. The average Bonchev–Trinajstić information content (AvgIpc) is 4.15. The Kier molecular flexibility index (Phi) is 11.5. The number of ether oxygens (including phenoxy) is 2. The molecule has 2 aliphatic heterocycles. The Balaban J connectivity index is 0.929. The molecule has 0 spiro atoms. The molecule has 2 aliphatic rings. The second-order valence-electron chi connectivity index (χ2n) is 14.5. The first-order chi connectivity index (χ1) is 29.3. The summed E-state index contributed by atoms with van der Waals surface area (Å²) in [6.45, 7) is 0.916. The largest absolute Gasteiger partial charge is 0.453 e. The standard InChI is InChI=1S/C46H44N8O6/c1-59-45(57)51-39(33-11-5-3-6-12-33)43(55)53-25-9-15-37(53)41-47-27-35(49-41)31-21-17-29(18-22-31)30-19-23-32(24-20-30)36-28-48-42(50-36)38-16-10-26-54(38)44(56)40(52-46(58)60-2)34-13-7-4-8-14-34/h3-9,11-15,17-24,27-28,37-40H,10,16,25-26H2,1-2H3,(H,47,49)(H,48,50)(H,51,57)(H,52,58)/t37?,38?,39-,40?/m0/s1. The van der Waals surface area contributed by atoms with Crippen LogP contribution >= 0.6 is 0 Å². The summed E-state index contributed by atoms with van der Waals surface area (Å²) >= 11 is 0. The highest BCUT2D eigenvalue weighted by molar-refractivity contribution is 5.88. The van der Waals surface area contributed by atoms with E-state index < -0.39 is 30.3 Å². The molecule has 3 unspecified atom stereocenters. The lowest BCUT2D eigenvalue weighted by atomic mass is 10.0. The predicted molar refractivity (Wildman–Crippen MR) is 224 cm³/mol. The van der Waals surface area contributed by atoms with E-state index in [1.165, 1.54) is 14.2 Å². The van der Waals surface area contributed by atoms with E-state index >= 15 is 0 Å². The number of methoxy groups -OCH3 is 2. The normalized spacial score (nSPS) is 16.9. The second kappa shape index (κ2) is 17.6. The zero-order valence-electron chi connectivity index (χ0n) is 33.1. The fourth-order valence-electron chi connectivity index (χ4n) is 7.82. The van der Waals surface area contributed by atoms with Crippen molar-refractivity contribution in [1.29, 1.82) is 0 Å². The number of benzene rings is 4. The fraction of sp³-hybridized carbons (Fsp3) is 0.217. The Bertz CT molecular complexity index is 2480. The third kappa shape index (κ3) is 8.25. The van der Waals surface area contributed by atoms with Crippen LogP contribution in [0.25, 0.3) is 33.6 Å². The maximum Gasteiger partial charge on any atom is 0.407 e. The Morgan fingerprint density at radius 3 is 1.62 bits per heavy atom. The van der Waals surface area contributed by atoms with E-state index in [1.807, 2.05) is 84.9 Å². The Morgan fingerprint density at radius 1 is 0.633 bits per heavy atom. The fourth-order valence-corrected chi connectivity index (χ4v) is 7.82. The van der Waals surface area contributed by atoms with Gasteiger partial charge in [0.15, 0.2) is 0 Å². The number of nitrogens with zero attached hydrogens (tertiary/aromatic N) is 4. The third-order valence-corrected chi connectivity index (χ3v) is 10.9. The maximum atomic E-state index is 13.9. The molecule has 4 atom stereocenters. The van der Waals surface area contributed by atoms with Gasteiger partial charge in [-0.05, 0) is 46.2 Å². The Morgan fingerprint density at radius 2 is 1.10 bits per heavy atom. The second-order valence-corrected chi connectivity index (χ2v) is 14.5. The molecule has 8 rings (SSSR count). The lowest BCUT2D eigenvalue weighted by Crippen LogP contribution is -2.43. The molecule has 0 bridgehead atoms. The Hall–Kier alpha value is -7.48. The number of hydrogen-bond donors (Lipinski definition) is 4. The summed E-state index contributed by atoms with van der Waals surface area (Å²) in [6.07, 6.45) is 7.58. The van der Waals surface area contributed by atoms with Gasteiger partial charge in [0.05, 0.1) is 44.0 Å². The number of nitrogens with one attached hydrogen (secondary N) is 4. The van der Waals surface area contributed by atoms with Crippen molar-refractivity contribution in [3.05, 3.63) is 157 Å². The van der Waals surface area contributed by atoms with E-state index in [0.29, 0.717) is 35.9 Å². The van der Waals surface area contributed by atoms with Crippen LogP contribution in [0.4, 0.5) is 9.59 Å². The van der Waals surface area contributed by atoms with E-state index in [-0.39, 0.29) is 17.9 Å². The summed E-state index contributed by atoms with van der Waals surface area (Å²) in [7, 11) is 2.54. The summed E-state index contributed by atoms with van der Waals surface area (Å²) < 4.78 is 9.64. The number of H-pyrrole nitrogens is 2. The molecule has 2 aromatic heterocycles. The number of aromatic nitrogens is 4. The molecule has 60 heavy (non-hydrogen) atoms. The van der Waals surface area contributed by atoms with Crippen LogP contribution in [0.2, 0.25) is 0 Å². The van der Waals surface area contributed by atoms with Crippen LogP contribution in [0, 0.1) is 0 Å². The molecule has 1 fully saturated rings. The highest BCUT2D eigenvalue weighted by Gasteiger charge is 2.37. The number of aromatic amines is 2. The summed E-state index contributed by atoms with van der Waals surface area (Å²) in [6, 6.07) is 32.1. The number of hydrogen-bond acceptors (Lipinski definition) is 8. The highest BCUT2D eigenvalue weighted by atomic mass is 16.5. The van der Waals surface area contributed by atoms with Gasteiger partial charge >= 0.3 is 12.2 Å². The quantitative estimate of drug-likeness (QED) is 0.0979. The van der Waals surface area contributed by atoms with Gasteiger partial charge in [-0.25, -0.2) is 19.6 Å². The SMILES string of the molecule is COC(=O)NC(C(=O)N1CCCC1c1ncc(-c2ccc(-c3ccc(-c4cnc(C5C=CCN5C(=O)[C@@H](NC(=O)OC)c5ccccc5)[nH]4)cc3)cc2)[nH]1)c1ccccc1. The van der Waals surface area contributed by atoms with Crippen molar-refractivity contribution in [3.8, 4) is 33.6 Å². The summed E-state index contributed by atoms with van der Waals surface area (Å²) in [4.78, 5) is 71.8. The number of amides is 4. The van der Waals surface area contributed by atoms with Gasteiger partial charge in [0.2, 0.25) is 0 Å². The molecule has 6 aromatic rings. The molecule has 304 valence electrons. The van der Waals surface area contributed by atoms with Gasteiger partial charge in [0.1, 0.15) is 29.8 Å². The van der Waals surface area contributed by atoms with Gasteiger partial charge in [-0.3, -0.25) is 9.59 Å². The minimum atomic E-state index is -0.924. The van der Waals surface area contributed by atoms with Crippen LogP contribution < -0.4 is 10.6 Å². The zero-order chi connectivity index (χ0) is 41.6. The zero-order valence-corrected chi connectivity index (χ0v) is 33.1. The summed E-state index contributed by atoms with van der Waals surface area (Å²) in [5.74, 6) is 0.804. The lowest BCUT2D eigenvalue weighted by molar-refractivity contribution is -0.135. The molecule has 4 aromatic carbocycles. The smallest absolute Gasteiger partial charge is 0.407 e. The van der Waals surface area contributed by atoms with E-state index in [0.717, 1.165) is 46.5 Å². The number of alkyl carbamates (subject to hydrolysis) is 2. The first kappa shape index (κ1) is 39.4. The van der Waals surface area contributed by atoms with E-state index in [1.54, 1.807) is 34.3 Å². The molecular weight excluding hydrogens is 761 g/mol. The van der Waals surface area contributed by atoms with Gasteiger partial charge in [-0.1, -0.05) is 121 Å². The van der Waals surface area contributed by atoms with Crippen LogP contribution in [0.5, 0.6) is 0 Å². The average molecular weight is 805 g/mol. The van der Waals surface area contributed by atoms with Crippen molar-refractivity contribution in [2.45, 2.75) is 37.0 Å². The van der Waals surface area contributed by atoms with Crippen LogP contribution in [0.3, 0.4) is 0 Å². The van der Waals surface area contributed by atoms with Crippen molar-refractivity contribution in [2.75, 3.05) is 27.3 Å². The van der Waals surface area contributed by atoms with E-state index in [4.69, 9.17) is 14.5 Å². The molecule has 14 heteroatoms. The van der Waals surface area contributed by atoms with E-state index in [2.05, 4.69) is 49.9 Å². The third-order valence-electron chi connectivity index (χ3n) is 10.9. The van der Waals surface area contributed by atoms with Crippen molar-refractivity contribution >= 4 is 24.0 Å². The Labute approximate surface area is 346 Å². The summed E-state index contributed by atoms with van der Waals surface area (Å²) in [5, 5.41) is 5.39. The van der Waals surface area contributed by atoms with Crippen molar-refractivity contribution in [3.63, 3.8) is 0 Å². The van der Waals surface area contributed by atoms with Crippen molar-refractivity contribution in [1.82, 2.24) is 40.4 Å². The monoisotopic (exact) mass is 804 g/mol. The van der Waals surface area contributed by atoms with Gasteiger partial charge in [0, 0.05) is 13.1 Å². The first-order valence-electron chi connectivity index (χ1n) is 19.7. The van der Waals surface area contributed by atoms with Gasteiger partial charge in [-0.2, -0.15) is 0 Å². The molecule has 0 radical (unpaired) electrons. The van der Waals surface area contributed by atoms with Crippen LogP contribution in [-0.4, -0.2) is 81.0 Å². The van der Waals surface area contributed by atoms with Gasteiger partial charge in [0.25, 0.3) is 11.8 Å². The molecule has 4 heterocycles. The van der Waals surface area contributed by atoms with Gasteiger partial charge < -0.3 is 39.9 Å². The molecule has 0 saturated carbocycles. The van der Waals surface area contributed by atoms with Crippen molar-refractivity contribution < 1.29 is 28.7 Å². The minimum absolute atomic E-state index is 0.219. The number of imidazole rings is 2.